The van der Waals surface area contributed by atoms with Crippen LogP contribution in [0.1, 0.15) is 0 Å². The lowest BCUT2D eigenvalue weighted by Gasteiger charge is -2.10. The third-order valence-electron chi connectivity index (χ3n) is 7.14. The third-order valence-corrected chi connectivity index (χ3v) is 7.14. The van der Waals surface area contributed by atoms with Crippen molar-refractivity contribution in [2.24, 2.45) is 0 Å². The van der Waals surface area contributed by atoms with Gasteiger partial charge in [-0.3, -0.25) is 0 Å². The van der Waals surface area contributed by atoms with Crippen LogP contribution in [-0.4, -0.2) is 15.0 Å². The van der Waals surface area contributed by atoms with Crippen LogP contribution in [0.3, 0.4) is 0 Å². The minimum atomic E-state index is 0.654. The van der Waals surface area contributed by atoms with Crippen molar-refractivity contribution in [1.29, 1.82) is 0 Å². The summed E-state index contributed by atoms with van der Waals surface area (Å²) in [7, 11) is 0. The quantitative estimate of drug-likeness (QED) is 0.231. The summed E-state index contributed by atoms with van der Waals surface area (Å²) in [6.45, 7) is 0. The van der Waals surface area contributed by atoms with E-state index in [-0.39, 0.29) is 0 Å². The minimum absolute atomic E-state index is 0.654. The largest absolute Gasteiger partial charge is 0.208 e. The van der Waals surface area contributed by atoms with Gasteiger partial charge in [-0.05, 0) is 39.1 Å². The highest BCUT2D eigenvalue weighted by atomic mass is 15.0. The number of fused-ring (bicyclic) bond motifs is 1. The Hall–Kier alpha value is -5.41. The number of rotatable bonds is 5. The van der Waals surface area contributed by atoms with Gasteiger partial charge in [-0.15, -0.1) is 0 Å². The van der Waals surface area contributed by atoms with Gasteiger partial charge in [-0.25, -0.2) is 15.0 Å². The molecule has 7 aromatic rings. The molecular formula is C37H25N3. The van der Waals surface area contributed by atoms with E-state index in [1.165, 1.54) is 21.9 Å². The Morgan fingerprint density at radius 1 is 0.250 bits per heavy atom. The zero-order valence-electron chi connectivity index (χ0n) is 21.8. The third kappa shape index (κ3) is 4.77. The molecule has 1 heterocycles. The van der Waals surface area contributed by atoms with E-state index in [0.29, 0.717) is 17.5 Å². The molecule has 3 nitrogen and oxygen atoms in total. The second-order valence-electron chi connectivity index (χ2n) is 9.75. The molecule has 0 aliphatic carbocycles. The summed E-state index contributed by atoms with van der Waals surface area (Å²) in [5, 5.41) is 2.47. The van der Waals surface area contributed by atoms with Crippen LogP contribution in [0.2, 0.25) is 0 Å². The zero-order chi connectivity index (χ0) is 26.7. The van der Waals surface area contributed by atoms with Gasteiger partial charge in [-0.2, -0.15) is 0 Å². The molecular weight excluding hydrogens is 486 g/mol. The fraction of sp³-hybridized carbons (Fsp3) is 0. The number of hydrogen-bond acceptors (Lipinski definition) is 3. The first-order chi connectivity index (χ1) is 19.8. The van der Waals surface area contributed by atoms with Crippen molar-refractivity contribution in [2.75, 3.05) is 0 Å². The number of nitrogens with zero attached hydrogens (tertiary/aromatic N) is 3. The first kappa shape index (κ1) is 23.7. The summed E-state index contributed by atoms with van der Waals surface area (Å²) >= 11 is 0. The Balaban J connectivity index is 1.27. The van der Waals surface area contributed by atoms with E-state index in [9.17, 15) is 0 Å². The molecule has 0 atom stereocenters. The van der Waals surface area contributed by atoms with E-state index in [0.717, 1.165) is 27.8 Å². The van der Waals surface area contributed by atoms with Crippen LogP contribution in [0.15, 0.2) is 152 Å². The Bertz CT molecular complexity index is 1910. The maximum atomic E-state index is 4.92. The van der Waals surface area contributed by atoms with E-state index in [2.05, 4.69) is 115 Å². The van der Waals surface area contributed by atoms with Gasteiger partial charge in [0, 0.05) is 16.7 Å². The molecule has 0 amide bonds. The van der Waals surface area contributed by atoms with Crippen molar-refractivity contribution >= 4 is 10.8 Å². The summed E-state index contributed by atoms with van der Waals surface area (Å²) in [6.07, 6.45) is 0. The molecule has 188 valence electrons. The maximum Gasteiger partial charge on any atom is 0.164 e. The molecule has 0 radical (unpaired) electrons. The van der Waals surface area contributed by atoms with Crippen LogP contribution in [0.4, 0.5) is 0 Å². The maximum absolute atomic E-state index is 4.92. The monoisotopic (exact) mass is 511 g/mol. The van der Waals surface area contributed by atoms with E-state index in [4.69, 9.17) is 15.0 Å². The van der Waals surface area contributed by atoms with Crippen LogP contribution < -0.4 is 0 Å². The normalized spacial score (nSPS) is 11.0. The highest BCUT2D eigenvalue weighted by molar-refractivity contribution is 5.87. The molecule has 0 aliphatic rings. The molecule has 0 N–H and O–H groups in total. The van der Waals surface area contributed by atoms with Gasteiger partial charge >= 0.3 is 0 Å². The first-order valence-electron chi connectivity index (χ1n) is 13.4. The standard InChI is InChI=1S/C37H25N3/c1-3-9-26(10-4-1)28-15-20-31(21-16-28)36-38-35(30-12-5-2-6-13-30)39-37(40-36)32-22-17-29(18-23-32)34-24-19-27-11-7-8-14-33(27)25-34/h1-25H. The van der Waals surface area contributed by atoms with Crippen LogP contribution in [0, 0.1) is 0 Å². The number of hydrogen-bond donors (Lipinski definition) is 0. The van der Waals surface area contributed by atoms with E-state index < -0.39 is 0 Å². The average Bonchev–Trinajstić information content (AvgIpc) is 3.05. The van der Waals surface area contributed by atoms with E-state index in [1.807, 2.05) is 36.4 Å². The average molecular weight is 512 g/mol. The van der Waals surface area contributed by atoms with Gasteiger partial charge < -0.3 is 0 Å². The molecule has 0 aliphatic heterocycles. The molecule has 6 aromatic carbocycles. The van der Waals surface area contributed by atoms with Crippen molar-refractivity contribution in [1.82, 2.24) is 15.0 Å². The van der Waals surface area contributed by atoms with Gasteiger partial charge in [0.2, 0.25) is 0 Å². The lowest BCUT2D eigenvalue weighted by molar-refractivity contribution is 1.07. The zero-order valence-corrected chi connectivity index (χ0v) is 21.8. The molecule has 7 rings (SSSR count). The van der Waals surface area contributed by atoms with Crippen molar-refractivity contribution in [2.45, 2.75) is 0 Å². The summed E-state index contributed by atoms with van der Waals surface area (Å²) in [5.74, 6) is 1.97. The summed E-state index contributed by atoms with van der Waals surface area (Å²) < 4.78 is 0. The van der Waals surface area contributed by atoms with Gasteiger partial charge in [0.1, 0.15) is 0 Å². The smallest absolute Gasteiger partial charge is 0.164 e. The molecule has 0 bridgehead atoms. The van der Waals surface area contributed by atoms with E-state index >= 15 is 0 Å². The van der Waals surface area contributed by atoms with Gasteiger partial charge in [0.15, 0.2) is 17.5 Å². The van der Waals surface area contributed by atoms with Gasteiger partial charge in [0.25, 0.3) is 0 Å². The molecule has 0 spiro atoms. The van der Waals surface area contributed by atoms with E-state index in [1.54, 1.807) is 0 Å². The summed E-state index contributed by atoms with van der Waals surface area (Å²) in [4.78, 5) is 14.7. The second-order valence-corrected chi connectivity index (χ2v) is 9.75. The molecule has 0 unspecified atom stereocenters. The molecule has 3 heteroatoms. The summed E-state index contributed by atoms with van der Waals surface area (Å²) in [6, 6.07) is 52.3. The predicted molar refractivity (Wildman–Crippen MR) is 165 cm³/mol. The molecule has 0 saturated carbocycles. The second kappa shape index (κ2) is 10.4. The van der Waals surface area contributed by atoms with Crippen molar-refractivity contribution < 1.29 is 0 Å². The van der Waals surface area contributed by atoms with Crippen LogP contribution >= 0.6 is 0 Å². The Morgan fingerprint density at radius 3 is 1.15 bits per heavy atom. The Kier molecular flexibility index (Phi) is 6.15. The van der Waals surface area contributed by atoms with Crippen molar-refractivity contribution in [3.63, 3.8) is 0 Å². The number of aromatic nitrogens is 3. The number of benzene rings is 6. The highest BCUT2D eigenvalue weighted by Gasteiger charge is 2.13. The lowest BCUT2D eigenvalue weighted by atomic mass is 10.00. The van der Waals surface area contributed by atoms with Gasteiger partial charge in [-0.1, -0.05) is 146 Å². The van der Waals surface area contributed by atoms with Crippen molar-refractivity contribution in [3.8, 4) is 56.4 Å². The van der Waals surface area contributed by atoms with Crippen molar-refractivity contribution in [3.05, 3.63) is 152 Å². The highest BCUT2D eigenvalue weighted by Crippen LogP contribution is 2.29. The SMILES string of the molecule is c1ccc(-c2ccc(-c3nc(-c4ccccc4)nc(-c4ccc(-c5ccc6ccccc6c5)cc4)n3)cc2)cc1. The van der Waals surface area contributed by atoms with Crippen LogP contribution in [0.25, 0.3) is 67.2 Å². The molecule has 40 heavy (non-hydrogen) atoms. The summed E-state index contributed by atoms with van der Waals surface area (Å²) in [5.41, 5.74) is 7.54. The Labute approximate surface area is 233 Å². The Morgan fingerprint density at radius 2 is 0.600 bits per heavy atom. The first-order valence-corrected chi connectivity index (χ1v) is 13.4. The fourth-order valence-corrected chi connectivity index (χ4v) is 4.97. The molecule has 0 fully saturated rings. The van der Waals surface area contributed by atoms with Crippen LogP contribution in [0.5, 0.6) is 0 Å². The predicted octanol–water partition coefficient (Wildman–Crippen LogP) is 9.36. The van der Waals surface area contributed by atoms with Crippen LogP contribution in [-0.2, 0) is 0 Å². The molecule has 0 saturated heterocycles. The minimum Gasteiger partial charge on any atom is -0.208 e. The molecule has 1 aromatic heterocycles. The topological polar surface area (TPSA) is 38.7 Å². The lowest BCUT2D eigenvalue weighted by Crippen LogP contribution is -2.00. The van der Waals surface area contributed by atoms with Gasteiger partial charge in [0.05, 0.1) is 0 Å². The fourth-order valence-electron chi connectivity index (χ4n) is 4.97.